The molecule has 0 saturated carbocycles. The molecule has 0 bridgehead atoms. The average molecular weight is 419 g/mol. The summed E-state index contributed by atoms with van der Waals surface area (Å²) in [6.45, 7) is 1.78. The summed E-state index contributed by atoms with van der Waals surface area (Å²) in [4.78, 5) is 46.8. The first-order valence-electron chi connectivity index (χ1n) is 8.20. The first-order valence-corrected chi connectivity index (χ1v) is 9.90. The lowest BCUT2D eigenvalue weighted by Gasteiger charge is -2.10. The zero-order valence-corrected chi connectivity index (χ0v) is 16.9. The van der Waals surface area contributed by atoms with E-state index in [2.05, 4.69) is 20.6 Å². The first-order chi connectivity index (χ1) is 13.4. The van der Waals surface area contributed by atoms with Gasteiger partial charge in [-0.15, -0.1) is 22.7 Å². The molecule has 3 aromatic rings. The van der Waals surface area contributed by atoms with E-state index in [-0.39, 0.29) is 17.2 Å². The Morgan fingerprint density at radius 1 is 1.21 bits per heavy atom. The predicted octanol–water partition coefficient (Wildman–Crippen LogP) is 2.96. The molecular formula is C17H17N5O4S2. The fourth-order valence-corrected chi connectivity index (χ4v) is 3.97. The molecule has 3 amide bonds. The normalized spacial score (nSPS) is 10.5. The third-order valence-electron chi connectivity index (χ3n) is 3.53. The van der Waals surface area contributed by atoms with Gasteiger partial charge in [-0.2, -0.15) is 0 Å². The SMILES string of the molecule is CCOC(=O)NC(=O)c1ccsc1NC(=O)c1nc2c(N(C)C)nccc2s1. The molecule has 0 aromatic carbocycles. The van der Waals surface area contributed by atoms with Gasteiger partial charge in [-0.25, -0.2) is 14.8 Å². The van der Waals surface area contributed by atoms with Crippen LogP contribution in [0.2, 0.25) is 0 Å². The van der Waals surface area contributed by atoms with E-state index >= 15 is 0 Å². The summed E-state index contributed by atoms with van der Waals surface area (Å²) in [6, 6.07) is 3.31. The number of pyridine rings is 1. The van der Waals surface area contributed by atoms with Gasteiger partial charge in [-0.1, -0.05) is 0 Å². The second-order valence-electron chi connectivity index (χ2n) is 5.69. The number of nitrogens with zero attached hydrogens (tertiary/aromatic N) is 3. The number of imide groups is 1. The van der Waals surface area contributed by atoms with Crippen LogP contribution in [0.4, 0.5) is 15.6 Å². The topological polar surface area (TPSA) is 114 Å². The molecule has 3 rings (SSSR count). The van der Waals surface area contributed by atoms with Gasteiger partial charge in [0.05, 0.1) is 16.9 Å². The number of hydrogen-bond acceptors (Lipinski definition) is 9. The Labute approximate surface area is 168 Å². The number of aromatic nitrogens is 2. The fraction of sp³-hybridized carbons (Fsp3) is 0.235. The van der Waals surface area contributed by atoms with Gasteiger partial charge in [0, 0.05) is 20.3 Å². The molecule has 0 unspecified atom stereocenters. The third-order valence-corrected chi connectivity index (χ3v) is 5.38. The van der Waals surface area contributed by atoms with E-state index in [0.717, 1.165) is 4.70 Å². The molecule has 3 heterocycles. The van der Waals surface area contributed by atoms with Gasteiger partial charge in [-0.3, -0.25) is 14.9 Å². The lowest BCUT2D eigenvalue weighted by Crippen LogP contribution is -2.31. The Hall–Kier alpha value is -3.05. The van der Waals surface area contributed by atoms with Crippen LogP contribution in [0.5, 0.6) is 0 Å². The van der Waals surface area contributed by atoms with Crippen molar-refractivity contribution in [3.63, 3.8) is 0 Å². The van der Waals surface area contributed by atoms with Gasteiger partial charge in [0.1, 0.15) is 10.5 Å². The molecule has 3 aromatic heterocycles. The van der Waals surface area contributed by atoms with Crippen molar-refractivity contribution < 1.29 is 19.1 Å². The highest BCUT2D eigenvalue weighted by molar-refractivity contribution is 7.20. The van der Waals surface area contributed by atoms with Gasteiger partial charge >= 0.3 is 6.09 Å². The Bertz CT molecular complexity index is 1040. The lowest BCUT2D eigenvalue weighted by molar-refractivity contribution is 0.0926. The van der Waals surface area contributed by atoms with E-state index in [9.17, 15) is 14.4 Å². The van der Waals surface area contributed by atoms with Gasteiger partial charge in [0.15, 0.2) is 10.8 Å². The fourth-order valence-electron chi connectivity index (χ4n) is 2.33. The highest BCUT2D eigenvalue weighted by Crippen LogP contribution is 2.29. The molecule has 0 saturated heterocycles. The lowest BCUT2D eigenvalue weighted by atomic mass is 10.3. The van der Waals surface area contributed by atoms with Gasteiger partial charge in [0.2, 0.25) is 0 Å². The highest BCUT2D eigenvalue weighted by atomic mass is 32.1. The number of carbonyl (C=O) groups is 3. The quantitative estimate of drug-likeness (QED) is 0.653. The molecule has 0 atom stereocenters. The second-order valence-corrected chi connectivity index (χ2v) is 7.63. The molecule has 0 aliphatic carbocycles. The van der Waals surface area contributed by atoms with Gasteiger partial charge in [-0.05, 0) is 24.4 Å². The Kier molecular flexibility index (Phi) is 5.85. The van der Waals surface area contributed by atoms with Crippen LogP contribution in [0.3, 0.4) is 0 Å². The molecule has 0 spiro atoms. The van der Waals surface area contributed by atoms with Crippen molar-refractivity contribution in [2.24, 2.45) is 0 Å². The standard InChI is InChI=1S/C17H17N5O4S2/c1-4-26-17(25)21-13(23)9-6-8-27-15(9)20-14(24)16-19-11-10(28-16)5-7-18-12(11)22(2)3/h5-8H,4H2,1-3H3,(H,20,24)(H,21,23,25). The summed E-state index contributed by atoms with van der Waals surface area (Å²) in [7, 11) is 3.70. The number of alkyl carbamates (subject to hydrolysis) is 1. The number of fused-ring (bicyclic) bond motifs is 1. The van der Waals surface area contributed by atoms with E-state index in [1.165, 1.54) is 28.7 Å². The Morgan fingerprint density at radius 2 is 2.00 bits per heavy atom. The molecular weight excluding hydrogens is 402 g/mol. The number of carbonyl (C=O) groups excluding carboxylic acids is 3. The number of rotatable bonds is 5. The minimum absolute atomic E-state index is 0.147. The summed E-state index contributed by atoms with van der Waals surface area (Å²) < 4.78 is 5.52. The van der Waals surface area contributed by atoms with Crippen LogP contribution in [0.1, 0.15) is 27.1 Å². The maximum atomic E-state index is 12.6. The third kappa shape index (κ3) is 4.10. The van der Waals surface area contributed by atoms with Crippen molar-refractivity contribution >= 4 is 61.6 Å². The van der Waals surface area contributed by atoms with E-state index < -0.39 is 17.9 Å². The monoisotopic (exact) mass is 419 g/mol. The minimum Gasteiger partial charge on any atom is -0.450 e. The molecule has 9 nitrogen and oxygen atoms in total. The number of nitrogens with one attached hydrogen (secondary N) is 2. The molecule has 2 N–H and O–H groups in total. The molecule has 11 heteroatoms. The smallest absolute Gasteiger partial charge is 0.414 e. The Balaban J connectivity index is 1.80. The Morgan fingerprint density at radius 3 is 2.71 bits per heavy atom. The van der Waals surface area contributed by atoms with E-state index in [0.29, 0.717) is 16.3 Å². The van der Waals surface area contributed by atoms with Crippen LogP contribution in [-0.4, -0.2) is 48.6 Å². The number of ether oxygens (including phenoxy) is 1. The molecule has 0 fully saturated rings. The van der Waals surface area contributed by atoms with Crippen LogP contribution < -0.4 is 15.5 Å². The first kappa shape index (κ1) is 19.7. The van der Waals surface area contributed by atoms with Crippen LogP contribution in [0.15, 0.2) is 23.7 Å². The molecule has 28 heavy (non-hydrogen) atoms. The summed E-state index contributed by atoms with van der Waals surface area (Å²) in [5.74, 6) is -0.435. The molecule has 0 aliphatic heterocycles. The van der Waals surface area contributed by atoms with Gasteiger partial charge < -0.3 is 15.0 Å². The van der Waals surface area contributed by atoms with Crippen LogP contribution in [0.25, 0.3) is 10.2 Å². The van der Waals surface area contributed by atoms with E-state index in [4.69, 9.17) is 4.74 Å². The molecule has 0 radical (unpaired) electrons. The molecule has 0 aliphatic rings. The number of amides is 3. The van der Waals surface area contributed by atoms with Crippen molar-refractivity contribution in [3.05, 3.63) is 34.3 Å². The van der Waals surface area contributed by atoms with Crippen molar-refractivity contribution in [3.8, 4) is 0 Å². The predicted molar refractivity (Wildman–Crippen MR) is 109 cm³/mol. The second kappa shape index (κ2) is 8.31. The molecule has 146 valence electrons. The summed E-state index contributed by atoms with van der Waals surface area (Å²) >= 11 is 2.40. The van der Waals surface area contributed by atoms with Crippen LogP contribution in [0, 0.1) is 0 Å². The van der Waals surface area contributed by atoms with Crippen molar-refractivity contribution in [2.75, 3.05) is 30.9 Å². The number of anilines is 2. The maximum Gasteiger partial charge on any atom is 0.414 e. The summed E-state index contributed by atoms with van der Waals surface area (Å²) in [5.41, 5.74) is 0.803. The maximum absolute atomic E-state index is 12.6. The van der Waals surface area contributed by atoms with E-state index in [1.807, 2.05) is 19.0 Å². The zero-order valence-electron chi connectivity index (χ0n) is 15.3. The zero-order chi connectivity index (χ0) is 20.3. The van der Waals surface area contributed by atoms with E-state index in [1.54, 1.807) is 24.6 Å². The summed E-state index contributed by atoms with van der Waals surface area (Å²) in [5, 5.41) is 6.99. The van der Waals surface area contributed by atoms with Crippen LogP contribution in [-0.2, 0) is 4.74 Å². The van der Waals surface area contributed by atoms with Crippen molar-refractivity contribution in [2.45, 2.75) is 6.92 Å². The largest absolute Gasteiger partial charge is 0.450 e. The van der Waals surface area contributed by atoms with Crippen LogP contribution >= 0.6 is 22.7 Å². The number of thiophene rings is 1. The summed E-state index contributed by atoms with van der Waals surface area (Å²) in [6.07, 6.45) is 0.820. The minimum atomic E-state index is -0.842. The van der Waals surface area contributed by atoms with Crippen molar-refractivity contribution in [1.29, 1.82) is 0 Å². The number of hydrogen-bond donors (Lipinski definition) is 2. The highest BCUT2D eigenvalue weighted by Gasteiger charge is 2.21. The average Bonchev–Trinajstić information content (AvgIpc) is 3.27. The number of thiazole rings is 1. The van der Waals surface area contributed by atoms with Crippen molar-refractivity contribution in [1.82, 2.24) is 15.3 Å². The van der Waals surface area contributed by atoms with Gasteiger partial charge in [0.25, 0.3) is 11.8 Å².